The van der Waals surface area contributed by atoms with Crippen LogP contribution in [0.1, 0.15) is 24.6 Å². The first-order valence-corrected chi connectivity index (χ1v) is 6.41. The first kappa shape index (κ1) is 13.2. The molecule has 1 N–H and O–H groups in total. The summed E-state index contributed by atoms with van der Waals surface area (Å²) in [4.78, 5) is 15.8. The Bertz CT molecular complexity index is 527. The van der Waals surface area contributed by atoms with E-state index in [9.17, 15) is 0 Å². The molecule has 1 aromatic carbocycles. The second-order valence-electron chi connectivity index (χ2n) is 4.23. The van der Waals surface area contributed by atoms with E-state index < -0.39 is 0 Å². The zero-order chi connectivity index (χ0) is 13.3. The minimum absolute atomic E-state index is 0.782. The predicted molar refractivity (Wildman–Crippen MR) is 79.2 cm³/mol. The van der Waals surface area contributed by atoms with Crippen LogP contribution >= 0.6 is 0 Å². The average molecular weight is 254 g/mol. The van der Waals surface area contributed by atoms with Gasteiger partial charge in [0.05, 0.1) is 18.2 Å². The minimum atomic E-state index is 0.782. The van der Waals surface area contributed by atoms with Gasteiger partial charge in [-0.3, -0.25) is 9.98 Å². The number of benzene rings is 1. The largest absolute Gasteiger partial charge is 0.344 e. The molecule has 4 nitrogen and oxygen atoms in total. The van der Waals surface area contributed by atoms with Crippen molar-refractivity contribution < 1.29 is 0 Å². The molecule has 1 heterocycles. The van der Waals surface area contributed by atoms with Gasteiger partial charge in [-0.2, -0.15) is 0 Å². The predicted octanol–water partition coefficient (Wildman–Crippen LogP) is 2.73. The Kier molecular flexibility index (Phi) is 5.05. The fraction of sp³-hybridized carbons (Fsp3) is 0.267. The van der Waals surface area contributed by atoms with Gasteiger partial charge in [0.2, 0.25) is 0 Å². The van der Waals surface area contributed by atoms with E-state index in [2.05, 4.69) is 32.1 Å². The van der Waals surface area contributed by atoms with Crippen LogP contribution in [0.5, 0.6) is 0 Å². The van der Waals surface area contributed by atoms with Gasteiger partial charge < -0.3 is 4.98 Å². The normalized spacial score (nSPS) is 12.2. The molecular weight excluding hydrogens is 236 g/mol. The van der Waals surface area contributed by atoms with Crippen LogP contribution in [-0.4, -0.2) is 35.0 Å². The van der Waals surface area contributed by atoms with E-state index in [0.717, 1.165) is 30.9 Å². The molecule has 0 fully saturated rings. The maximum Gasteiger partial charge on any atom is 0.0924 e. The lowest BCUT2D eigenvalue weighted by Gasteiger charge is -2.00. The highest BCUT2D eigenvalue weighted by atomic mass is 14.9. The molecule has 0 aliphatic heterocycles. The third kappa shape index (κ3) is 4.50. The Morgan fingerprint density at radius 3 is 2.84 bits per heavy atom. The fourth-order valence-electron chi connectivity index (χ4n) is 1.68. The first-order valence-electron chi connectivity index (χ1n) is 6.41. The molecule has 0 bridgehead atoms. The minimum Gasteiger partial charge on any atom is -0.344 e. The molecule has 2 rings (SSSR count). The van der Waals surface area contributed by atoms with Gasteiger partial charge in [-0.1, -0.05) is 30.3 Å². The molecule has 2 aromatic rings. The summed E-state index contributed by atoms with van der Waals surface area (Å²) < 4.78 is 0. The van der Waals surface area contributed by atoms with E-state index in [1.54, 1.807) is 18.7 Å². The van der Waals surface area contributed by atoms with Gasteiger partial charge in [-0.05, 0) is 18.9 Å². The van der Waals surface area contributed by atoms with Crippen molar-refractivity contribution in [3.63, 3.8) is 0 Å². The highest BCUT2D eigenvalue weighted by Crippen LogP contribution is 2.01. The molecule has 0 amide bonds. The molecule has 98 valence electrons. The zero-order valence-electron chi connectivity index (χ0n) is 11.1. The molecular formula is C15H18N4. The topological polar surface area (TPSA) is 53.4 Å². The number of nitrogens with zero attached hydrogens (tertiary/aromatic N) is 3. The molecule has 0 radical (unpaired) electrons. The standard InChI is InChI=1S/C15H18N4/c1-13(14-6-3-2-4-7-14)18-9-5-8-16-10-15-11-17-12-19-15/h2-4,6-7,10-12H,5,8-9H2,1H3,(H,17,19). The van der Waals surface area contributed by atoms with Gasteiger partial charge in [0.25, 0.3) is 0 Å². The van der Waals surface area contributed by atoms with Crippen molar-refractivity contribution in [2.75, 3.05) is 13.1 Å². The average Bonchev–Trinajstić information content (AvgIpc) is 2.96. The van der Waals surface area contributed by atoms with E-state index in [1.165, 1.54) is 5.56 Å². The Morgan fingerprint density at radius 1 is 1.26 bits per heavy atom. The van der Waals surface area contributed by atoms with Crippen LogP contribution in [0.3, 0.4) is 0 Å². The lowest BCUT2D eigenvalue weighted by Crippen LogP contribution is -1.97. The van der Waals surface area contributed by atoms with Crippen LogP contribution in [0, 0.1) is 0 Å². The Hall–Kier alpha value is -2.23. The molecule has 0 saturated carbocycles. The van der Waals surface area contributed by atoms with E-state index in [4.69, 9.17) is 0 Å². The monoisotopic (exact) mass is 254 g/mol. The summed E-state index contributed by atoms with van der Waals surface area (Å²) in [6.07, 6.45) is 6.16. The summed E-state index contributed by atoms with van der Waals surface area (Å²) in [6, 6.07) is 10.2. The number of aliphatic imine (C=N–C) groups is 2. The lowest BCUT2D eigenvalue weighted by molar-refractivity contribution is 0.847. The summed E-state index contributed by atoms with van der Waals surface area (Å²) in [7, 11) is 0. The SMILES string of the molecule is CC(=NCCCN=Cc1cnc[nH]1)c1ccccc1. The van der Waals surface area contributed by atoms with Crippen LogP contribution in [0.2, 0.25) is 0 Å². The van der Waals surface area contributed by atoms with Crippen molar-refractivity contribution in [2.45, 2.75) is 13.3 Å². The molecule has 0 unspecified atom stereocenters. The number of imidazole rings is 1. The van der Waals surface area contributed by atoms with Crippen LogP contribution in [0.15, 0.2) is 52.8 Å². The van der Waals surface area contributed by atoms with Crippen LogP contribution < -0.4 is 0 Å². The molecule has 1 aromatic heterocycles. The molecule has 19 heavy (non-hydrogen) atoms. The van der Waals surface area contributed by atoms with Crippen molar-refractivity contribution in [2.24, 2.45) is 9.98 Å². The van der Waals surface area contributed by atoms with E-state index in [1.807, 2.05) is 25.1 Å². The van der Waals surface area contributed by atoms with Crippen molar-refractivity contribution in [3.05, 3.63) is 54.1 Å². The molecule has 0 spiro atoms. The van der Waals surface area contributed by atoms with Gasteiger partial charge in [0, 0.05) is 25.0 Å². The van der Waals surface area contributed by atoms with Crippen LogP contribution in [-0.2, 0) is 0 Å². The summed E-state index contributed by atoms with van der Waals surface area (Å²) in [6.45, 7) is 3.63. The number of hydrogen-bond donors (Lipinski definition) is 1. The maximum absolute atomic E-state index is 4.55. The molecule has 0 aliphatic rings. The van der Waals surface area contributed by atoms with Gasteiger partial charge in [-0.25, -0.2) is 4.98 Å². The third-order valence-electron chi connectivity index (χ3n) is 2.74. The zero-order valence-corrected chi connectivity index (χ0v) is 11.1. The number of aromatic nitrogens is 2. The van der Waals surface area contributed by atoms with Gasteiger partial charge in [-0.15, -0.1) is 0 Å². The van der Waals surface area contributed by atoms with E-state index in [-0.39, 0.29) is 0 Å². The molecule has 4 heteroatoms. The van der Waals surface area contributed by atoms with Gasteiger partial charge >= 0.3 is 0 Å². The fourth-order valence-corrected chi connectivity index (χ4v) is 1.68. The smallest absolute Gasteiger partial charge is 0.0924 e. The number of aromatic amines is 1. The van der Waals surface area contributed by atoms with Crippen molar-refractivity contribution in [1.29, 1.82) is 0 Å². The quantitative estimate of drug-likeness (QED) is 0.625. The van der Waals surface area contributed by atoms with Crippen molar-refractivity contribution in [1.82, 2.24) is 9.97 Å². The second kappa shape index (κ2) is 7.26. The third-order valence-corrected chi connectivity index (χ3v) is 2.74. The lowest BCUT2D eigenvalue weighted by atomic mass is 10.1. The van der Waals surface area contributed by atoms with Gasteiger partial charge in [0.15, 0.2) is 0 Å². The summed E-state index contributed by atoms with van der Waals surface area (Å²) >= 11 is 0. The Labute approximate surface area is 113 Å². The summed E-state index contributed by atoms with van der Waals surface area (Å²) in [5.74, 6) is 0. The van der Waals surface area contributed by atoms with Crippen LogP contribution in [0.4, 0.5) is 0 Å². The van der Waals surface area contributed by atoms with E-state index in [0.29, 0.717) is 0 Å². The number of H-pyrrole nitrogens is 1. The summed E-state index contributed by atoms with van der Waals surface area (Å²) in [5, 5.41) is 0. The highest BCUT2D eigenvalue weighted by molar-refractivity contribution is 5.98. The number of rotatable bonds is 6. The van der Waals surface area contributed by atoms with Gasteiger partial charge in [0.1, 0.15) is 0 Å². The number of nitrogens with one attached hydrogen (secondary N) is 1. The Morgan fingerprint density at radius 2 is 2.11 bits per heavy atom. The molecule has 0 atom stereocenters. The van der Waals surface area contributed by atoms with Crippen molar-refractivity contribution >= 4 is 11.9 Å². The molecule has 0 saturated heterocycles. The first-order chi connectivity index (χ1) is 9.36. The highest BCUT2D eigenvalue weighted by Gasteiger charge is 1.94. The number of hydrogen-bond acceptors (Lipinski definition) is 3. The van der Waals surface area contributed by atoms with Crippen molar-refractivity contribution in [3.8, 4) is 0 Å². The maximum atomic E-state index is 4.55. The van der Waals surface area contributed by atoms with E-state index >= 15 is 0 Å². The molecule has 0 aliphatic carbocycles. The second-order valence-corrected chi connectivity index (χ2v) is 4.23. The Balaban J connectivity index is 1.72. The summed E-state index contributed by atoms with van der Waals surface area (Å²) in [5.41, 5.74) is 3.20. The van der Waals surface area contributed by atoms with Crippen LogP contribution in [0.25, 0.3) is 0 Å².